The van der Waals surface area contributed by atoms with E-state index >= 15 is 0 Å². The summed E-state index contributed by atoms with van der Waals surface area (Å²) in [4.78, 5) is 4.34. The molecule has 0 saturated heterocycles. The third-order valence-corrected chi connectivity index (χ3v) is 3.45. The highest BCUT2D eigenvalue weighted by Crippen LogP contribution is 2.15. The molecule has 0 atom stereocenters. The fraction of sp³-hybridized carbons (Fsp3) is 0.235. The number of hydrogen-bond donors (Lipinski definition) is 0. The van der Waals surface area contributed by atoms with Gasteiger partial charge in [0.25, 0.3) is 0 Å². The summed E-state index contributed by atoms with van der Waals surface area (Å²) in [6, 6.07) is 6.57. The standard InChI is InChI=1S/C17H20N2/c1-5-6-7-17-10-16(9-8-13(17)2)11-19-12-18-14(3)15(19)4/h5-10,12H,1,11H2,2-4H3/b7-6-. The van der Waals surface area contributed by atoms with Crippen LogP contribution in [0.1, 0.15) is 28.1 Å². The van der Waals surface area contributed by atoms with Crippen LogP contribution in [0.3, 0.4) is 0 Å². The fourth-order valence-electron chi connectivity index (χ4n) is 2.04. The van der Waals surface area contributed by atoms with Crippen LogP contribution in [0, 0.1) is 20.8 Å². The van der Waals surface area contributed by atoms with Crippen LogP contribution in [0.4, 0.5) is 0 Å². The van der Waals surface area contributed by atoms with E-state index in [9.17, 15) is 0 Å². The smallest absolute Gasteiger partial charge is 0.0954 e. The molecule has 0 amide bonds. The third kappa shape index (κ3) is 3.02. The lowest BCUT2D eigenvalue weighted by Crippen LogP contribution is -2.01. The van der Waals surface area contributed by atoms with Crippen molar-refractivity contribution in [1.82, 2.24) is 9.55 Å². The van der Waals surface area contributed by atoms with Gasteiger partial charge in [0, 0.05) is 12.2 Å². The summed E-state index contributed by atoms with van der Waals surface area (Å²) in [5, 5.41) is 0. The van der Waals surface area contributed by atoms with Crippen LogP contribution in [-0.2, 0) is 6.54 Å². The van der Waals surface area contributed by atoms with Crippen LogP contribution in [0.5, 0.6) is 0 Å². The third-order valence-electron chi connectivity index (χ3n) is 3.45. The Labute approximate surface area is 115 Å². The van der Waals surface area contributed by atoms with Crippen molar-refractivity contribution in [3.8, 4) is 0 Å². The Kier molecular flexibility index (Phi) is 4.00. The average molecular weight is 252 g/mol. The van der Waals surface area contributed by atoms with E-state index in [2.05, 4.69) is 54.3 Å². The molecular weight excluding hydrogens is 232 g/mol. The van der Waals surface area contributed by atoms with Gasteiger partial charge in [0.05, 0.1) is 12.0 Å². The number of nitrogens with zero attached hydrogens (tertiary/aromatic N) is 2. The topological polar surface area (TPSA) is 17.8 Å². The Bertz CT molecular complexity index is 618. The molecule has 0 aliphatic heterocycles. The van der Waals surface area contributed by atoms with Gasteiger partial charge in [-0.2, -0.15) is 0 Å². The van der Waals surface area contributed by atoms with Crippen molar-refractivity contribution < 1.29 is 0 Å². The zero-order valence-corrected chi connectivity index (χ0v) is 11.9. The van der Waals surface area contributed by atoms with E-state index in [0.29, 0.717) is 0 Å². The summed E-state index contributed by atoms with van der Waals surface area (Å²) in [5.41, 5.74) is 6.13. The summed E-state index contributed by atoms with van der Waals surface area (Å²) >= 11 is 0. The van der Waals surface area contributed by atoms with Crippen LogP contribution in [-0.4, -0.2) is 9.55 Å². The van der Waals surface area contributed by atoms with E-state index < -0.39 is 0 Å². The van der Waals surface area contributed by atoms with E-state index in [0.717, 1.165) is 12.2 Å². The molecule has 2 heteroatoms. The van der Waals surface area contributed by atoms with Crippen molar-refractivity contribution >= 4 is 6.08 Å². The van der Waals surface area contributed by atoms with Gasteiger partial charge in [-0.25, -0.2) is 4.98 Å². The predicted molar refractivity (Wildman–Crippen MR) is 81.2 cm³/mol. The maximum Gasteiger partial charge on any atom is 0.0954 e. The van der Waals surface area contributed by atoms with Gasteiger partial charge in [0.1, 0.15) is 0 Å². The molecule has 1 heterocycles. The minimum absolute atomic E-state index is 0.863. The van der Waals surface area contributed by atoms with Gasteiger partial charge in [-0.05, 0) is 43.5 Å². The molecule has 0 spiro atoms. The number of aryl methyl sites for hydroxylation is 2. The van der Waals surface area contributed by atoms with Crippen molar-refractivity contribution in [1.29, 1.82) is 0 Å². The second-order valence-corrected chi connectivity index (χ2v) is 4.83. The lowest BCUT2D eigenvalue weighted by molar-refractivity contribution is 0.768. The van der Waals surface area contributed by atoms with E-state index in [-0.39, 0.29) is 0 Å². The van der Waals surface area contributed by atoms with Crippen LogP contribution < -0.4 is 0 Å². The maximum atomic E-state index is 4.34. The van der Waals surface area contributed by atoms with E-state index in [4.69, 9.17) is 0 Å². The Balaban J connectivity index is 2.28. The molecule has 0 fully saturated rings. The van der Waals surface area contributed by atoms with Crippen LogP contribution in [0.25, 0.3) is 6.08 Å². The van der Waals surface area contributed by atoms with Gasteiger partial charge in [0.15, 0.2) is 0 Å². The van der Waals surface area contributed by atoms with Gasteiger partial charge in [0.2, 0.25) is 0 Å². The molecule has 2 rings (SSSR count). The lowest BCUT2D eigenvalue weighted by Gasteiger charge is -2.08. The van der Waals surface area contributed by atoms with Crippen LogP contribution in [0.15, 0.2) is 43.3 Å². The Morgan fingerprint density at radius 1 is 1.26 bits per heavy atom. The molecular formula is C17H20N2. The summed E-state index contributed by atoms with van der Waals surface area (Å²) in [6.07, 6.45) is 7.77. The average Bonchev–Trinajstić information content (AvgIpc) is 2.71. The second-order valence-electron chi connectivity index (χ2n) is 4.83. The second kappa shape index (κ2) is 5.70. The quantitative estimate of drug-likeness (QED) is 0.750. The largest absolute Gasteiger partial charge is 0.330 e. The van der Waals surface area contributed by atoms with Crippen molar-refractivity contribution in [3.05, 3.63) is 71.3 Å². The normalized spacial score (nSPS) is 11.1. The van der Waals surface area contributed by atoms with E-state index in [1.807, 2.05) is 19.3 Å². The molecule has 0 bridgehead atoms. The highest BCUT2D eigenvalue weighted by molar-refractivity contribution is 5.56. The number of aromatic nitrogens is 2. The monoisotopic (exact) mass is 252 g/mol. The zero-order valence-electron chi connectivity index (χ0n) is 11.9. The summed E-state index contributed by atoms with van der Waals surface area (Å²) in [5.74, 6) is 0. The van der Waals surface area contributed by atoms with Crippen molar-refractivity contribution in [2.24, 2.45) is 0 Å². The van der Waals surface area contributed by atoms with Gasteiger partial charge in [-0.3, -0.25) is 0 Å². The summed E-state index contributed by atoms with van der Waals surface area (Å²) in [6.45, 7) is 10.8. The van der Waals surface area contributed by atoms with Gasteiger partial charge in [-0.15, -0.1) is 0 Å². The highest BCUT2D eigenvalue weighted by atomic mass is 15.0. The minimum atomic E-state index is 0.863. The Hall–Kier alpha value is -2.09. The number of allylic oxidation sites excluding steroid dienone is 2. The Morgan fingerprint density at radius 3 is 2.68 bits per heavy atom. The first-order valence-electron chi connectivity index (χ1n) is 6.49. The van der Waals surface area contributed by atoms with Gasteiger partial charge in [-0.1, -0.05) is 36.9 Å². The Morgan fingerprint density at radius 2 is 2.05 bits per heavy atom. The molecule has 98 valence electrons. The van der Waals surface area contributed by atoms with E-state index in [1.165, 1.54) is 22.4 Å². The van der Waals surface area contributed by atoms with Crippen molar-refractivity contribution in [3.63, 3.8) is 0 Å². The first-order valence-corrected chi connectivity index (χ1v) is 6.49. The zero-order chi connectivity index (χ0) is 13.8. The molecule has 0 N–H and O–H groups in total. The maximum absolute atomic E-state index is 4.34. The molecule has 2 nitrogen and oxygen atoms in total. The lowest BCUT2D eigenvalue weighted by atomic mass is 10.0. The first-order chi connectivity index (χ1) is 9.11. The highest BCUT2D eigenvalue weighted by Gasteiger charge is 2.04. The predicted octanol–water partition coefficient (Wildman–Crippen LogP) is 4.06. The number of hydrogen-bond acceptors (Lipinski definition) is 1. The molecule has 0 saturated carbocycles. The van der Waals surface area contributed by atoms with Gasteiger partial charge < -0.3 is 4.57 Å². The molecule has 0 unspecified atom stereocenters. The van der Waals surface area contributed by atoms with Crippen molar-refractivity contribution in [2.75, 3.05) is 0 Å². The van der Waals surface area contributed by atoms with Crippen molar-refractivity contribution in [2.45, 2.75) is 27.3 Å². The SMILES string of the molecule is C=C/C=C\c1cc(Cn2cnc(C)c2C)ccc1C. The van der Waals surface area contributed by atoms with E-state index in [1.54, 1.807) is 6.08 Å². The number of rotatable bonds is 4. The van der Waals surface area contributed by atoms with Crippen LogP contribution >= 0.6 is 0 Å². The number of imidazole rings is 1. The van der Waals surface area contributed by atoms with Crippen LogP contribution in [0.2, 0.25) is 0 Å². The fourth-order valence-corrected chi connectivity index (χ4v) is 2.04. The molecule has 0 radical (unpaired) electrons. The number of benzene rings is 1. The molecule has 0 aliphatic carbocycles. The molecule has 2 aromatic rings. The molecule has 19 heavy (non-hydrogen) atoms. The molecule has 1 aromatic heterocycles. The molecule has 1 aromatic carbocycles. The first kappa shape index (κ1) is 13.3. The summed E-state index contributed by atoms with van der Waals surface area (Å²) in [7, 11) is 0. The minimum Gasteiger partial charge on any atom is -0.330 e. The van der Waals surface area contributed by atoms with Gasteiger partial charge >= 0.3 is 0 Å². The molecule has 0 aliphatic rings. The summed E-state index contributed by atoms with van der Waals surface area (Å²) < 4.78 is 2.18.